The minimum absolute atomic E-state index is 0.359. The highest BCUT2D eigenvalue weighted by Gasteiger charge is 2.27. The van der Waals surface area contributed by atoms with Gasteiger partial charge in [0, 0.05) is 0 Å². The monoisotopic (exact) mass is 320 g/mol. The van der Waals surface area contributed by atoms with Crippen LogP contribution in [0.3, 0.4) is 0 Å². The molecule has 0 bridgehead atoms. The zero-order valence-corrected chi connectivity index (χ0v) is 14.9. The predicted octanol–water partition coefficient (Wildman–Crippen LogP) is 5.53. The van der Waals surface area contributed by atoms with Crippen molar-refractivity contribution >= 4 is 21.5 Å². The summed E-state index contributed by atoms with van der Waals surface area (Å²) in [6.07, 6.45) is 3.54. The number of rotatable bonds is 2. The van der Waals surface area contributed by atoms with Gasteiger partial charge in [0.2, 0.25) is 0 Å². The fraction of sp³-hybridized carbons (Fsp3) is 0.364. The van der Waals surface area contributed by atoms with Crippen LogP contribution < -0.4 is 9.47 Å². The maximum atomic E-state index is 5.74. The van der Waals surface area contributed by atoms with Crippen LogP contribution >= 0.6 is 0 Å². The first-order chi connectivity index (χ1) is 11.5. The minimum atomic E-state index is 0.359. The topological polar surface area (TPSA) is 18.5 Å². The molecule has 0 N–H and O–H groups in total. The molecule has 0 aromatic heterocycles. The van der Waals surface area contributed by atoms with Crippen molar-refractivity contribution < 1.29 is 9.47 Å². The van der Waals surface area contributed by atoms with Crippen LogP contribution in [0.2, 0.25) is 0 Å². The molecule has 3 aromatic carbocycles. The Labute approximate surface area is 143 Å². The number of benzene rings is 3. The lowest BCUT2D eigenvalue weighted by Crippen LogP contribution is -2.22. The molecule has 24 heavy (non-hydrogen) atoms. The highest BCUT2D eigenvalue weighted by Crippen LogP contribution is 2.44. The molecule has 0 fully saturated rings. The molecule has 2 heteroatoms. The zero-order valence-electron chi connectivity index (χ0n) is 14.9. The van der Waals surface area contributed by atoms with Crippen LogP contribution in [-0.2, 0) is 12.8 Å². The van der Waals surface area contributed by atoms with E-state index in [0.29, 0.717) is 5.41 Å². The summed E-state index contributed by atoms with van der Waals surface area (Å²) in [7, 11) is 3.46. The standard InChI is InChI=1S/C22H24O2/c1-22(2)11-10-14-8-9-15-16-6-5-7-19(23-3)21(16)20(24-4)12-17(15)18(14)13-22/h5-9,12H,10-11,13H2,1-4H3. The first-order valence-electron chi connectivity index (χ1n) is 8.62. The quantitative estimate of drug-likeness (QED) is 0.578. The van der Waals surface area contributed by atoms with Crippen molar-refractivity contribution in [2.45, 2.75) is 33.1 Å². The summed E-state index contributed by atoms with van der Waals surface area (Å²) in [4.78, 5) is 0. The molecule has 2 nitrogen and oxygen atoms in total. The van der Waals surface area contributed by atoms with Crippen molar-refractivity contribution in [2.75, 3.05) is 14.2 Å². The molecule has 1 aliphatic rings. The van der Waals surface area contributed by atoms with E-state index in [1.54, 1.807) is 14.2 Å². The molecule has 0 heterocycles. The third kappa shape index (κ3) is 2.24. The molecule has 0 spiro atoms. The van der Waals surface area contributed by atoms with Gasteiger partial charge in [-0.2, -0.15) is 0 Å². The molecule has 0 saturated carbocycles. The van der Waals surface area contributed by atoms with E-state index in [1.165, 1.54) is 33.7 Å². The first kappa shape index (κ1) is 15.3. The lowest BCUT2D eigenvalue weighted by atomic mass is 9.73. The third-order valence-corrected chi connectivity index (χ3v) is 5.46. The number of hydrogen-bond donors (Lipinski definition) is 0. The zero-order chi connectivity index (χ0) is 16.9. The van der Waals surface area contributed by atoms with Gasteiger partial charge in [-0.1, -0.05) is 38.1 Å². The lowest BCUT2D eigenvalue weighted by molar-refractivity contribution is 0.317. The maximum Gasteiger partial charge on any atom is 0.131 e. The van der Waals surface area contributed by atoms with Gasteiger partial charge in [-0.3, -0.25) is 0 Å². The van der Waals surface area contributed by atoms with E-state index in [2.05, 4.69) is 44.2 Å². The Morgan fingerprint density at radius 3 is 2.42 bits per heavy atom. The van der Waals surface area contributed by atoms with E-state index in [9.17, 15) is 0 Å². The fourth-order valence-corrected chi connectivity index (χ4v) is 4.14. The highest BCUT2D eigenvalue weighted by molar-refractivity contribution is 6.13. The Kier molecular flexibility index (Phi) is 3.45. The summed E-state index contributed by atoms with van der Waals surface area (Å²) in [5.74, 6) is 1.76. The molecule has 0 saturated heterocycles. The van der Waals surface area contributed by atoms with Crippen molar-refractivity contribution in [3.05, 3.63) is 47.5 Å². The second kappa shape index (κ2) is 5.41. The van der Waals surface area contributed by atoms with Gasteiger partial charge in [0.15, 0.2) is 0 Å². The van der Waals surface area contributed by atoms with Gasteiger partial charge in [-0.05, 0) is 64.1 Å². The molecular formula is C22H24O2. The van der Waals surface area contributed by atoms with E-state index < -0.39 is 0 Å². The second-order valence-corrected chi connectivity index (χ2v) is 7.60. The Morgan fingerprint density at radius 2 is 1.67 bits per heavy atom. The van der Waals surface area contributed by atoms with Gasteiger partial charge in [0.05, 0.1) is 19.6 Å². The van der Waals surface area contributed by atoms with E-state index >= 15 is 0 Å². The average Bonchev–Trinajstić information content (AvgIpc) is 2.59. The van der Waals surface area contributed by atoms with Crippen LogP contribution in [0.1, 0.15) is 31.4 Å². The molecule has 0 unspecified atom stereocenters. The second-order valence-electron chi connectivity index (χ2n) is 7.60. The molecule has 0 atom stereocenters. The number of hydrogen-bond acceptors (Lipinski definition) is 2. The summed E-state index contributed by atoms with van der Waals surface area (Å²) >= 11 is 0. The van der Waals surface area contributed by atoms with Crippen LogP contribution in [0.25, 0.3) is 21.5 Å². The molecule has 0 amide bonds. The fourth-order valence-electron chi connectivity index (χ4n) is 4.14. The highest BCUT2D eigenvalue weighted by atomic mass is 16.5. The Bertz CT molecular complexity index is 938. The number of ether oxygens (including phenoxy) is 2. The van der Waals surface area contributed by atoms with E-state index in [4.69, 9.17) is 9.47 Å². The number of fused-ring (bicyclic) bond motifs is 5. The third-order valence-electron chi connectivity index (χ3n) is 5.46. The minimum Gasteiger partial charge on any atom is -0.496 e. The number of aryl methyl sites for hydroxylation is 1. The van der Waals surface area contributed by atoms with Gasteiger partial charge in [0.1, 0.15) is 11.5 Å². The summed E-state index contributed by atoms with van der Waals surface area (Å²) < 4.78 is 11.3. The predicted molar refractivity (Wildman–Crippen MR) is 100 cm³/mol. The molecule has 0 aliphatic heterocycles. The number of methoxy groups -OCH3 is 2. The van der Waals surface area contributed by atoms with Crippen molar-refractivity contribution in [1.29, 1.82) is 0 Å². The molecule has 4 rings (SSSR count). The largest absolute Gasteiger partial charge is 0.496 e. The van der Waals surface area contributed by atoms with Crippen LogP contribution in [0.4, 0.5) is 0 Å². The molecule has 1 aliphatic carbocycles. The molecule has 3 aromatic rings. The average molecular weight is 320 g/mol. The summed E-state index contributed by atoms with van der Waals surface area (Å²) in [5, 5.41) is 4.89. The Morgan fingerprint density at radius 1 is 0.875 bits per heavy atom. The van der Waals surface area contributed by atoms with Crippen LogP contribution in [-0.4, -0.2) is 14.2 Å². The van der Waals surface area contributed by atoms with Crippen molar-refractivity contribution in [3.63, 3.8) is 0 Å². The van der Waals surface area contributed by atoms with Gasteiger partial charge in [-0.25, -0.2) is 0 Å². The first-order valence-corrected chi connectivity index (χ1v) is 8.62. The van der Waals surface area contributed by atoms with Gasteiger partial charge in [-0.15, -0.1) is 0 Å². The molecule has 0 radical (unpaired) electrons. The van der Waals surface area contributed by atoms with Crippen LogP contribution in [0.5, 0.6) is 11.5 Å². The van der Waals surface area contributed by atoms with Crippen molar-refractivity contribution in [1.82, 2.24) is 0 Å². The van der Waals surface area contributed by atoms with Crippen LogP contribution in [0.15, 0.2) is 36.4 Å². The van der Waals surface area contributed by atoms with E-state index in [1.807, 2.05) is 6.07 Å². The Balaban J connectivity index is 2.12. The summed E-state index contributed by atoms with van der Waals surface area (Å²) in [6.45, 7) is 4.74. The molecule has 124 valence electrons. The van der Waals surface area contributed by atoms with Crippen molar-refractivity contribution in [2.24, 2.45) is 5.41 Å². The van der Waals surface area contributed by atoms with E-state index in [0.717, 1.165) is 29.7 Å². The van der Waals surface area contributed by atoms with Crippen LogP contribution in [0, 0.1) is 5.41 Å². The summed E-state index contributed by atoms with van der Waals surface area (Å²) in [5.41, 5.74) is 3.34. The SMILES string of the molecule is COc1cccc2c1c(OC)cc1c3c(ccc12)CCC(C)(C)C3. The molecular weight excluding hydrogens is 296 g/mol. The Hall–Kier alpha value is -2.22. The summed E-state index contributed by atoms with van der Waals surface area (Å²) in [6, 6.07) is 13.0. The maximum absolute atomic E-state index is 5.74. The van der Waals surface area contributed by atoms with E-state index in [-0.39, 0.29) is 0 Å². The van der Waals surface area contributed by atoms with Crippen molar-refractivity contribution in [3.8, 4) is 11.5 Å². The normalized spacial score (nSPS) is 16.2. The van der Waals surface area contributed by atoms with Gasteiger partial charge < -0.3 is 9.47 Å². The lowest BCUT2D eigenvalue weighted by Gasteiger charge is -2.32. The van der Waals surface area contributed by atoms with Gasteiger partial charge in [0.25, 0.3) is 0 Å². The smallest absolute Gasteiger partial charge is 0.131 e. The van der Waals surface area contributed by atoms with Gasteiger partial charge >= 0.3 is 0 Å².